The summed E-state index contributed by atoms with van der Waals surface area (Å²) in [5.74, 6) is -0.460. The molecule has 1 saturated carbocycles. The fourth-order valence-electron chi connectivity index (χ4n) is 1.73. The molecule has 3 N–H and O–H groups in total. The van der Waals surface area contributed by atoms with Crippen LogP contribution in [0.2, 0.25) is 5.02 Å². The Morgan fingerprint density at radius 1 is 1.50 bits per heavy atom. The number of nitrogens with two attached hydrogens (primary N) is 1. The quantitative estimate of drug-likeness (QED) is 0.794. The van der Waals surface area contributed by atoms with Gasteiger partial charge in [-0.15, -0.1) is 0 Å². The van der Waals surface area contributed by atoms with Gasteiger partial charge in [0.1, 0.15) is 11.6 Å². The van der Waals surface area contributed by atoms with Crippen LogP contribution in [-0.2, 0) is 5.41 Å². The van der Waals surface area contributed by atoms with E-state index in [0.29, 0.717) is 12.1 Å². The third kappa shape index (κ3) is 1.28. The highest BCUT2D eigenvalue weighted by Crippen LogP contribution is 2.52. The first-order valence-electron chi connectivity index (χ1n) is 4.48. The minimum atomic E-state index is -0.379. The number of hydrogen-bond donors (Lipinski definition) is 2. The molecule has 14 heavy (non-hydrogen) atoms. The highest BCUT2D eigenvalue weighted by molar-refractivity contribution is 6.33. The van der Waals surface area contributed by atoms with E-state index < -0.39 is 0 Å². The molecule has 0 radical (unpaired) electrons. The molecule has 1 aromatic rings. The molecule has 4 heteroatoms. The Morgan fingerprint density at radius 2 is 2.14 bits per heavy atom. The average Bonchev–Trinajstić information content (AvgIpc) is 2.93. The average molecular weight is 216 g/mol. The van der Waals surface area contributed by atoms with Crippen molar-refractivity contribution in [2.75, 3.05) is 6.54 Å². The number of rotatable bonds is 2. The van der Waals surface area contributed by atoms with Crippen LogP contribution in [0.15, 0.2) is 12.1 Å². The topological polar surface area (TPSA) is 46.2 Å². The first-order valence-corrected chi connectivity index (χ1v) is 4.86. The van der Waals surface area contributed by atoms with Gasteiger partial charge in [0.2, 0.25) is 0 Å². The molecule has 76 valence electrons. The van der Waals surface area contributed by atoms with E-state index in [1.165, 1.54) is 12.1 Å². The summed E-state index contributed by atoms with van der Waals surface area (Å²) >= 11 is 5.86. The Bertz CT molecular complexity index is 377. The summed E-state index contributed by atoms with van der Waals surface area (Å²) < 4.78 is 13.5. The fraction of sp³-hybridized carbons (Fsp3) is 0.400. The van der Waals surface area contributed by atoms with Crippen molar-refractivity contribution in [3.05, 3.63) is 28.5 Å². The molecular formula is C10H11ClFNO. The maximum absolute atomic E-state index is 13.5. The van der Waals surface area contributed by atoms with Crippen LogP contribution in [-0.4, -0.2) is 11.7 Å². The van der Waals surface area contributed by atoms with E-state index in [0.717, 1.165) is 12.8 Å². The van der Waals surface area contributed by atoms with Gasteiger partial charge in [-0.1, -0.05) is 11.6 Å². The van der Waals surface area contributed by atoms with Gasteiger partial charge in [-0.05, 0) is 25.0 Å². The number of hydrogen-bond acceptors (Lipinski definition) is 2. The summed E-state index contributed by atoms with van der Waals surface area (Å²) in [6.45, 7) is 0.368. The maximum atomic E-state index is 13.5. The summed E-state index contributed by atoms with van der Waals surface area (Å²) in [6.07, 6.45) is 1.67. The van der Waals surface area contributed by atoms with Crippen molar-refractivity contribution in [2.45, 2.75) is 18.3 Å². The molecule has 0 unspecified atom stereocenters. The molecule has 1 aliphatic rings. The first-order chi connectivity index (χ1) is 6.60. The normalized spacial score (nSPS) is 18.2. The summed E-state index contributed by atoms with van der Waals surface area (Å²) in [5.41, 5.74) is 5.62. The van der Waals surface area contributed by atoms with Crippen LogP contribution >= 0.6 is 11.6 Å². The van der Waals surface area contributed by atoms with Gasteiger partial charge in [-0.25, -0.2) is 4.39 Å². The smallest absolute Gasteiger partial charge is 0.134 e. The van der Waals surface area contributed by atoms with Crippen LogP contribution in [0.4, 0.5) is 4.39 Å². The third-order valence-corrected chi connectivity index (χ3v) is 3.23. The Labute approximate surface area is 86.5 Å². The van der Waals surface area contributed by atoms with Gasteiger partial charge in [0, 0.05) is 17.5 Å². The molecule has 1 aliphatic carbocycles. The Kier molecular flexibility index (Phi) is 2.16. The highest BCUT2D eigenvalue weighted by atomic mass is 35.5. The van der Waals surface area contributed by atoms with E-state index in [-0.39, 0.29) is 22.0 Å². The minimum absolute atomic E-state index is 0.0807. The van der Waals surface area contributed by atoms with E-state index in [2.05, 4.69) is 0 Å². The van der Waals surface area contributed by atoms with Crippen molar-refractivity contribution in [1.82, 2.24) is 0 Å². The Balaban J connectivity index is 2.57. The van der Waals surface area contributed by atoms with Crippen LogP contribution < -0.4 is 5.73 Å². The molecular weight excluding hydrogens is 205 g/mol. The molecule has 0 aromatic heterocycles. The standard InChI is InChI=1S/C10H11ClFNO/c11-9-7(14)2-1-6(12)8(9)10(5-13)3-4-10/h1-2,14H,3-5,13H2. The van der Waals surface area contributed by atoms with E-state index in [1.54, 1.807) is 0 Å². The van der Waals surface area contributed by atoms with E-state index in [9.17, 15) is 9.50 Å². The number of halogens is 2. The predicted molar refractivity (Wildman–Crippen MR) is 53.0 cm³/mol. The summed E-state index contributed by atoms with van der Waals surface area (Å²) in [7, 11) is 0. The van der Waals surface area contributed by atoms with E-state index in [1.807, 2.05) is 0 Å². The van der Waals surface area contributed by atoms with Crippen LogP contribution in [0.5, 0.6) is 5.75 Å². The number of phenols is 1. The molecule has 0 aliphatic heterocycles. The predicted octanol–water partition coefficient (Wildman–Crippen LogP) is 2.17. The fourth-order valence-corrected chi connectivity index (χ4v) is 2.09. The molecule has 0 heterocycles. The van der Waals surface area contributed by atoms with Crippen molar-refractivity contribution in [1.29, 1.82) is 0 Å². The second kappa shape index (κ2) is 3.11. The molecule has 0 bridgehead atoms. The largest absolute Gasteiger partial charge is 0.506 e. The van der Waals surface area contributed by atoms with E-state index >= 15 is 0 Å². The summed E-state index contributed by atoms with van der Waals surface area (Å²) in [6, 6.07) is 2.49. The van der Waals surface area contributed by atoms with Gasteiger partial charge < -0.3 is 10.8 Å². The first kappa shape index (κ1) is 9.74. The van der Waals surface area contributed by atoms with Gasteiger partial charge in [-0.3, -0.25) is 0 Å². The summed E-state index contributed by atoms with van der Waals surface area (Å²) in [4.78, 5) is 0. The van der Waals surface area contributed by atoms with Gasteiger partial charge in [0.25, 0.3) is 0 Å². The second-order valence-corrected chi connectivity index (χ2v) is 4.12. The molecule has 0 spiro atoms. The number of phenolic OH excluding ortho intramolecular Hbond substituents is 1. The highest BCUT2D eigenvalue weighted by Gasteiger charge is 2.46. The van der Waals surface area contributed by atoms with Crippen molar-refractivity contribution in [3.63, 3.8) is 0 Å². The van der Waals surface area contributed by atoms with Crippen molar-refractivity contribution in [2.24, 2.45) is 5.73 Å². The third-order valence-electron chi connectivity index (χ3n) is 2.85. The lowest BCUT2D eigenvalue weighted by Crippen LogP contribution is -2.21. The zero-order valence-corrected chi connectivity index (χ0v) is 8.31. The molecule has 2 nitrogen and oxygen atoms in total. The number of aromatic hydroxyl groups is 1. The van der Waals surface area contributed by atoms with Gasteiger partial charge in [0.15, 0.2) is 0 Å². The van der Waals surface area contributed by atoms with Gasteiger partial charge >= 0.3 is 0 Å². The van der Waals surface area contributed by atoms with E-state index in [4.69, 9.17) is 17.3 Å². The number of benzene rings is 1. The lowest BCUT2D eigenvalue weighted by molar-refractivity contribution is 0.469. The zero-order chi connectivity index (χ0) is 10.3. The molecule has 1 aromatic carbocycles. The van der Waals surface area contributed by atoms with Gasteiger partial charge in [-0.2, -0.15) is 0 Å². The molecule has 0 atom stereocenters. The van der Waals surface area contributed by atoms with Crippen LogP contribution in [0, 0.1) is 5.82 Å². The minimum Gasteiger partial charge on any atom is -0.506 e. The van der Waals surface area contributed by atoms with Crippen LogP contribution in [0.3, 0.4) is 0 Å². The lowest BCUT2D eigenvalue weighted by atomic mass is 9.95. The maximum Gasteiger partial charge on any atom is 0.134 e. The van der Waals surface area contributed by atoms with Crippen molar-refractivity contribution < 1.29 is 9.50 Å². The molecule has 2 rings (SSSR count). The molecule has 0 amide bonds. The Morgan fingerprint density at radius 3 is 2.64 bits per heavy atom. The van der Waals surface area contributed by atoms with Crippen LogP contribution in [0.1, 0.15) is 18.4 Å². The van der Waals surface area contributed by atoms with Gasteiger partial charge in [0.05, 0.1) is 5.02 Å². The van der Waals surface area contributed by atoms with Crippen molar-refractivity contribution in [3.8, 4) is 5.75 Å². The lowest BCUT2D eigenvalue weighted by Gasteiger charge is -2.16. The molecule has 0 saturated heterocycles. The van der Waals surface area contributed by atoms with Crippen LogP contribution in [0.25, 0.3) is 0 Å². The second-order valence-electron chi connectivity index (χ2n) is 3.74. The van der Waals surface area contributed by atoms with Crippen molar-refractivity contribution >= 4 is 11.6 Å². The SMILES string of the molecule is NCC1(c2c(F)ccc(O)c2Cl)CC1. The monoisotopic (exact) mass is 215 g/mol. The summed E-state index contributed by atoms with van der Waals surface area (Å²) in [5, 5.41) is 9.48. The Hall–Kier alpha value is -0.800. The molecule has 1 fully saturated rings. The zero-order valence-electron chi connectivity index (χ0n) is 7.56.